The van der Waals surface area contributed by atoms with Gasteiger partial charge in [-0.25, -0.2) is 4.79 Å². The van der Waals surface area contributed by atoms with Crippen LogP contribution in [0, 0.1) is 5.92 Å². The van der Waals surface area contributed by atoms with Crippen LogP contribution < -0.4 is 5.32 Å². The first-order valence-electron chi connectivity index (χ1n) is 12.5. The highest BCUT2D eigenvalue weighted by Gasteiger charge is 2.43. The molecular weight excluding hydrogens is 426 g/mol. The summed E-state index contributed by atoms with van der Waals surface area (Å²) in [7, 11) is 6.15. The van der Waals surface area contributed by atoms with Crippen molar-refractivity contribution >= 4 is 22.8 Å². The van der Waals surface area contributed by atoms with E-state index in [1.54, 1.807) is 0 Å². The third-order valence-electron chi connectivity index (χ3n) is 7.42. The first-order valence-corrected chi connectivity index (χ1v) is 12.5. The minimum Gasteiger partial charge on any atom is -0.343 e. The number of rotatable bonds is 8. The Morgan fingerprint density at radius 2 is 2.06 bits per heavy atom. The maximum absolute atomic E-state index is 13.7. The number of fused-ring (bicyclic) bond motifs is 2. The number of carbonyl (C=O) groups excluding carboxylic acids is 2. The number of carbonyl (C=O) groups is 2. The highest BCUT2D eigenvalue weighted by Crippen LogP contribution is 2.45. The van der Waals surface area contributed by atoms with E-state index in [0.29, 0.717) is 25.7 Å². The van der Waals surface area contributed by atoms with Gasteiger partial charge in [0, 0.05) is 55.2 Å². The molecular formula is C27H39N5O2. The van der Waals surface area contributed by atoms with Crippen molar-refractivity contribution in [1.82, 2.24) is 24.6 Å². The van der Waals surface area contributed by atoms with Crippen molar-refractivity contribution in [3.63, 3.8) is 0 Å². The van der Waals surface area contributed by atoms with Crippen molar-refractivity contribution in [3.05, 3.63) is 48.2 Å². The van der Waals surface area contributed by atoms with Gasteiger partial charge in [-0.2, -0.15) is 0 Å². The number of allylic oxidation sites excluding steroid dienone is 1. The zero-order chi connectivity index (χ0) is 24.4. The van der Waals surface area contributed by atoms with Crippen molar-refractivity contribution in [2.24, 2.45) is 5.92 Å². The Labute approximate surface area is 203 Å². The molecule has 0 spiro atoms. The lowest BCUT2D eigenvalue weighted by molar-refractivity contribution is -0.135. The standard InChI is InChI=1S/C27H39N5O2/c1-6-12-31-18-19-16-24-22(21-10-8-11-23(31)25(19)21)15-20(17-30(24)5)26(33)32(27(34)28-7-2)14-9-13-29(3)4/h6,8,10-11,18,20,22,24H,1,7,9,12-17H2,2-5H3,(H,28,34)/t20-,22?,24-/m1/s1. The van der Waals surface area contributed by atoms with Crippen molar-refractivity contribution in [3.8, 4) is 0 Å². The Hall–Kier alpha value is -2.64. The zero-order valence-corrected chi connectivity index (χ0v) is 21.1. The smallest absolute Gasteiger partial charge is 0.324 e. The van der Waals surface area contributed by atoms with Gasteiger partial charge in [0.15, 0.2) is 0 Å². The molecule has 34 heavy (non-hydrogen) atoms. The highest BCUT2D eigenvalue weighted by molar-refractivity contribution is 5.96. The molecule has 2 heterocycles. The lowest BCUT2D eigenvalue weighted by Gasteiger charge is -2.45. The number of urea groups is 1. The molecule has 1 aromatic heterocycles. The Bertz CT molecular complexity index is 1060. The summed E-state index contributed by atoms with van der Waals surface area (Å²) >= 11 is 0. The zero-order valence-electron chi connectivity index (χ0n) is 21.1. The number of nitrogens with one attached hydrogen (secondary N) is 1. The van der Waals surface area contributed by atoms with Crippen LogP contribution in [-0.2, 0) is 17.8 Å². The van der Waals surface area contributed by atoms with E-state index in [1.165, 1.54) is 26.9 Å². The fourth-order valence-corrected chi connectivity index (χ4v) is 5.91. The van der Waals surface area contributed by atoms with Crippen molar-refractivity contribution < 1.29 is 9.59 Å². The lowest BCUT2D eigenvalue weighted by Crippen LogP contribution is -2.54. The number of likely N-dealkylation sites (tertiary alicyclic amines) is 1. The molecule has 7 nitrogen and oxygen atoms in total. The van der Waals surface area contributed by atoms with Gasteiger partial charge in [-0.3, -0.25) is 9.69 Å². The van der Waals surface area contributed by atoms with Crippen LogP contribution in [-0.4, -0.2) is 84.6 Å². The lowest BCUT2D eigenvalue weighted by atomic mass is 9.72. The Kier molecular flexibility index (Phi) is 7.43. The molecule has 4 rings (SSSR count). The molecule has 1 unspecified atom stereocenters. The van der Waals surface area contributed by atoms with E-state index in [2.05, 4.69) is 57.7 Å². The van der Waals surface area contributed by atoms with Crippen LogP contribution in [0.2, 0.25) is 0 Å². The van der Waals surface area contributed by atoms with Gasteiger partial charge in [-0.05, 0) is 71.1 Å². The fraction of sp³-hybridized carbons (Fsp3) is 0.556. The summed E-state index contributed by atoms with van der Waals surface area (Å²) in [6, 6.07) is 6.65. The molecule has 1 N–H and O–H groups in total. The minimum absolute atomic E-state index is 0.0443. The molecule has 2 aromatic rings. The van der Waals surface area contributed by atoms with Crippen LogP contribution in [0.15, 0.2) is 37.1 Å². The molecule has 3 atom stereocenters. The van der Waals surface area contributed by atoms with Crippen molar-refractivity contribution in [2.75, 3.05) is 47.3 Å². The van der Waals surface area contributed by atoms with Crippen molar-refractivity contribution in [2.45, 2.75) is 44.7 Å². The van der Waals surface area contributed by atoms with Gasteiger partial charge in [-0.1, -0.05) is 18.2 Å². The van der Waals surface area contributed by atoms with E-state index < -0.39 is 0 Å². The first kappa shape index (κ1) is 24.5. The molecule has 2 aliphatic rings. The van der Waals surface area contributed by atoms with E-state index in [4.69, 9.17) is 0 Å². The van der Waals surface area contributed by atoms with Gasteiger partial charge in [0.2, 0.25) is 5.91 Å². The van der Waals surface area contributed by atoms with E-state index in [-0.39, 0.29) is 23.8 Å². The molecule has 1 aliphatic carbocycles. The summed E-state index contributed by atoms with van der Waals surface area (Å²) in [6.07, 6.45) is 6.75. The summed E-state index contributed by atoms with van der Waals surface area (Å²) in [5.41, 5.74) is 3.97. The molecule has 1 saturated heterocycles. The Morgan fingerprint density at radius 1 is 1.26 bits per heavy atom. The monoisotopic (exact) mass is 465 g/mol. The molecule has 0 saturated carbocycles. The van der Waals surface area contributed by atoms with Gasteiger partial charge < -0.3 is 19.7 Å². The fourth-order valence-electron chi connectivity index (χ4n) is 5.91. The number of hydrogen-bond donors (Lipinski definition) is 1. The predicted octanol–water partition coefficient (Wildman–Crippen LogP) is 3.30. The average Bonchev–Trinajstić information content (AvgIpc) is 3.15. The van der Waals surface area contributed by atoms with Gasteiger partial charge in [-0.15, -0.1) is 6.58 Å². The molecule has 1 aliphatic heterocycles. The van der Waals surface area contributed by atoms with Crippen LogP contribution >= 0.6 is 0 Å². The van der Waals surface area contributed by atoms with E-state index in [0.717, 1.165) is 32.4 Å². The molecule has 0 bridgehead atoms. The molecule has 1 aromatic carbocycles. The normalized spacial score (nSPS) is 22.0. The maximum Gasteiger partial charge on any atom is 0.324 e. The van der Waals surface area contributed by atoms with Crippen LogP contribution in [0.25, 0.3) is 10.9 Å². The highest BCUT2D eigenvalue weighted by atomic mass is 16.2. The summed E-state index contributed by atoms with van der Waals surface area (Å²) in [5.74, 6) is 0.0406. The summed E-state index contributed by atoms with van der Waals surface area (Å²) in [5, 5.41) is 4.19. The summed E-state index contributed by atoms with van der Waals surface area (Å²) < 4.78 is 2.28. The number of likely N-dealkylation sites (N-methyl/N-ethyl adjacent to an activating group) is 1. The molecule has 1 fully saturated rings. The Morgan fingerprint density at radius 3 is 2.76 bits per heavy atom. The number of hydrogen-bond acceptors (Lipinski definition) is 4. The van der Waals surface area contributed by atoms with Gasteiger partial charge in [0.05, 0.1) is 5.92 Å². The van der Waals surface area contributed by atoms with Crippen LogP contribution in [0.1, 0.15) is 36.8 Å². The number of benzene rings is 1. The van der Waals surface area contributed by atoms with Gasteiger partial charge in [0.1, 0.15) is 0 Å². The summed E-state index contributed by atoms with van der Waals surface area (Å²) in [4.78, 5) is 32.4. The van der Waals surface area contributed by atoms with Crippen LogP contribution in [0.3, 0.4) is 0 Å². The topological polar surface area (TPSA) is 60.8 Å². The average molecular weight is 466 g/mol. The number of imide groups is 1. The second kappa shape index (κ2) is 10.3. The molecule has 0 radical (unpaired) electrons. The number of piperidine rings is 1. The van der Waals surface area contributed by atoms with E-state index in [1.807, 2.05) is 27.1 Å². The minimum atomic E-state index is -0.273. The third kappa shape index (κ3) is 4.64. The van der Waals surface area contributed by atoms with Crippen LogP contribution in [0.4, 0.5) is 4.79 Å². The summed E-state index contributed by atoms with van der Waals surface area (Å²) in [6.45, 7) is 9.08. The second-order valence-electron chi connectivity index (χ2n) is 10.1. The predicted molar refractivity (Wildman–Crippen MR) is 137 cm³/mol. The first-order chi connectivity index (χ1) is 16.3. The number of nitrogens with zero attached hydrogens (tertiary/aromatic N) is 4. The molecule has 3 amide bonds. The molecule has 7 heteroatoms. The van der Waals surface area contributed by atoms with Gasteiger partial charge >= 0.3 is 6.03 Å². The third-order valence-corrected chi connectivity index (χ3v) is 7.42. The number of amides is 3. The Balaban J connectivity index is 1.61. The van der Waals surface area contributed by atoms with Gasteiger partial charge in [0.25, 0.3) is 0 Å². The number of aromatic nitrogens is 1. The maximum atomic E-state index is 13.7. The second-order valence-corrected chi connectivity index (χ2v) is 10.1. The van der Waals surface area contributed by atoms with Crippen molar-refractivity contribution in [1.29, 1.82) is 0 Å². The molecule has 184 valence electrons. The van der Waals surface area contributed by atoms with Crippen LogP contribution in [0.5, 0.6) is 0 Å². The van der Waals surface area contributed by atoms with E-state index in [9.17, 15) is 9.59 Å². The van der Waals surface area contributed by atoms with E-state index >= 15 is 0 Å². The SMILES string of the molecule is C=CCn1cc2c3c(cccc31)C1C[C@@H](C(=O)N(CCCN(C)C)C(=O)NCC)CN(C)[C@@H]1C2. The quantitative estimate of drug-likeness (QED) is 0.608. The largest absolute Gasteiger partial charge is 0.343 e.